The van der Waals surface area contributed by atoms with Crippen LogP contribution in [-0.4, -0.2) is 31.6 Å². The summed E-state index contributed by atoms with van der Waals surface area (Å²) in [6.07, 6.45) is 18.6. The molecule has 1 saturated heterocycles. The number of pyridine rings is 1. The first kappa shape index (κ1) is 25.4. The summed E-state index contributed by atoms with van der Waals surface area (Å²) in [4.78, 5) is 16.3. The van der Waals surface area contributed by atoms with Crippen LogP contribution in [0.1, 0.15) is 63.6 Å². The molecule has 4 rings (SSSR count). The summed E-state index contributed by atoms with van der Waals surface area (Å²) in [6, 6.07) is 2.09. The zero-order valence-corrected chi connectivity index (χ0v) is 21.8. The third-order valence-electron chi connectivity index (χ3n) is 6.15. The number of methoxy groups -OCH3 is 2. The topological polar surface area (TPSA) is 56.2 Å². The van der Waals surface area contributed by atoms with Gasteiger partial charge in [0.05, 0.1) is 26.5 Å². The second kappa shape index (κ2) is 12.3. The Kier molecular flexibility index (Phi) is 8.67. The van der Waals surface area contributed by atoms with Crippen LogP contribution < -0.4 is 5.06 Å². The molecule has 6 heteroatoms. The van der Waals surface area contributed by atoms with Crippen LogP contribution in [0, 0.1) is 11.8 Å². The third-order valence-corrected chi connectivity index (χ3v) is 6.15. The number of aromatic nitrogens is 1. The van der Waals surface area contributed by atoms with E-state index in [9.17, 15) is 0 Å². The van der Waals surface area contributed by atoms with E-state index in [1.54, 1.807) is 14.2 Å². The van der Waals surface area contributed by atoms with Crippen molar-refractivity contribution in [1.29, 1.82) is 0 Å². The molecule has 2 aliphatic carbocycles. The van der Waals surface area contributed by atoms with Crippen molar-refractivity contribution in [3.8, 4) is 11.8 Å². The number of ether oxygens (including phenoxy) is 2. The third kappa shape index (κ3) is 5.91. The minimum Gasteiger partial charge on any atom is -0.497 e. The van der Waals surface area contributed by atoms with E-state index < -0.39 is 0 Å². The number of hydroxylamine groups is 1. The molecular formula is C30H35N3O3. The van der Waals surface area contributed by atoms with Gasteiger partial charge in [-0.15, -0.1) is 0 Å². The van der Waals surface area contributed by atoms with Gasteiger partial charge in [0.15, 0.2) is 17.5 Å². The second-order valence-corrected chi connectivity index (χ2v) is 8.82. The van der Waals surface area contributed by atoms with E-state index in [1.807, 2.05) is 17.2 Å². The number of rotatable bonds is 7. The van der Waals surface area contributed by atoms with Crippen LogP contribution >= 0.6 is 0 Å². The fraction of sp³-hybridized carbons (Fsp3) is 0.400. The molecule has 3 aliphatic rings. The quantitative estimate of drug-likeness (QED) is 0.243. The molecule has 0 amide bonds. The van der Waals surface area contributed by atoms with Crippen molar-refractivity contribution in [2.24, 2.45) is 4.99 Å². The van der Waals surface area contributed by atoms with E-state index in [-0.39, 0.29) is 0 Å². The van der Waals surface area contributed by atoms with Crippen molar-refractivity contribution in [2.75, 3.05) is 25.8 Å². The first-order chi connectivity index (χ1) is 17.7. The van der Waals surface area contributed by atoms with Crippen molar-refractivity contribution in [3.05, 3.63) is 70.9 Å². The Bertz CT molecular complexity index is 1220. The van der Waals surface area contributed by atoms with Gasteiger partial charge in [-0.25, -0.2) is 9.98 Å². The van der Waals surface area contributed by atoms with E-state index in [2.05, 4.69) is 56.1 Å². The van der Waals surface area contributed by atoms with Crippen LogP contribution in [0.4, 0.5) is 11.5 Å². The molecule has 2 heterocycles. The highest BCUT2D eigenvalue weighted by Crippen LogP contribution is 2.38. The maximum Gasteiger partial charge on any atom is 0.190 e. The highest BCUT2D eigenvalue weighted by Gasteiger charge is 2.30. The summed E-state index contributed by atoms with van der Waals surface area (Å²) in [7, 11) is 3.35. The second-order valence-electron chi connectivity index (χ2n) is 8.82. The summed E-state index contributed by atoms with van der Waals surface area (Å²) in [5.74, 6) is 9.56. The molecule has 1 fully saturated rings. The smallest absolute Gasteiger partial charge is 0.190 e. The Morgan fingerprint density at radius 2 is 2.11 bits per heavy atom. The number of hydrogen-bond donors (Lipinski definition) is 0. The molecule has 6 nitrogen and oxygen atoms in total. The van der Waals surface area contributed by atoms with Crippen LogP contribution in [0.25, 0.3) is 5.57 Å². The van der Waals surface area contributed by atoms with Crippen molar-refractivity contribution < 1.29 is 14.3 Å². The Labute approximate surface area is 214 Å². The van der Waals surface area contributed by atoms with Crippen molar-refractivity contribution in [3.63, 3.8) is 0 Å². The number of allylic oxidation sites excluding steroid dienone is 7. The standard InChI is InChI=1S/C30H35N3O3/c1-5-7-9-13-22-14-10-11-17-26-25(22)20-27(31-29(35-4)18-8-6-2)30(32-26)33-21-23-15-12-16-24(34-3)19-28(23)36-33/h10-11,14-16,19-20H,5-8,12,17-18,21H2,1-4H3/b31-29-. The predicted octanol–water partition coefficient (Wildman–Crippen LogP) is 6.74. The van der Waals surface area contributed by atoms with Crippen LogP contribution in [0.15, 0.2) is 64.6 Å². The largest absolute Gasteiger partial charge is 0.497 e. The molecule has 188 valence electrons. The molecule has 0 spiro atoms. The van der Waals surface area contributed by atoms with Gasteiger partial charge in [0.25, 0.3) is 0 Å². The van der Waals surface area contributed by atoms with E-state index in [0.29, 0.717) is 30.4 Å². The number of fused-ring (bicyclic) bond motifs is 2. The normalized spacial score (nSPS) is 16.7. The Morgan fingerprint density at radius 1 is 1.22 bits per heavy atom. The van der Waals surface area contributed by atoms with Crippen molar-refractivity contribution >= 4 is 23.0 Å². The Balaban J connectivity index is 1.79. The summed E-state index contributed by atoms with van der Waals surface area (Å²) >= 11 is 0. The van der Waals surface area contributed by atoms with Crippen molar-refractivity contribution in [2.45, 2.75) is 58.8 Å². The molecule has 0 N–H and O–H groups in total. The lowest BCUT2D eigenvalue weighted by atomic mass is 10.0. The average Bonchev–Trinajstić information content (AvgIpc) is 3.05. The monoisotopic (exact) mass is 485 g/mol. The van der Waals surface area contributed by atoms with E-state index >= 15 is 0 Å². The van der Waals surface area contributed by atoms with Gasteiger partial charge in [-0.2, -0.15) is 5.06 Å². The summed E-state index contributed by atoms with van der Waals surface area (Å²) in [6.45, 7) is 4.88. The van der Waals surface area contributed by atoms with Gasteiger partial charge in [0.1, 0.15) is 11.4 Å². The van der Waals surface area contributed by atoms with E-state index in [4.69, 9.17) is 24.3 Å². The Hall–Kier alpha value is -3.72. The van der Waals surface area contributed by atoms with Gasteiger partial charge in [0.2, 0.25) is 0 Å². The summed E-state index contributed by atoms with van der Waals surface area (Å²) < 4.78 is 11.1. The first-order valence-corrected chi connectivity index (χ1v) is 12.8. The highest BCUT2D eigenvalue weighted by atomic mass is 16.7. The average molecular weight is 486 g/mol. The molecule has 0 saturated carbocycles. The van der Waals surface area contributed by atoms with Gasteiger partial charge in [-0.05, 0) is 37.5 Å². The lowest BCUT2D eigenvalue weighted by molar-refractivity contribution is 0.225. The number of aliphatic imine (C=N–C) groups is 1. The lowest BCUT2D eigenvalue weighted by Gasteiger charge is -2.20. The molecule has 0 unspecified atom stereocenters. The van der Waals surface area contributed by atoms with Crippen LogP contribution in [0.2, 0.25) is 0 Å². The minimum absolute atomic E-state index is 0.580. The maximum atomic E-state index is 6.30. The molecular weight excluding hydrogens is 450 g/mol. The van der Waals surface area contributed by atoms with Gasteiger partial charge < -0.3 is 14.3 Å². The SMILES string of the molecule is CCCC#CC1=CC=CCc2nc(N3CC4=CCC=C(OC)C=C4O3)c(/N=C(/CCCC)OC)cc21. The summed E-state index contributed by atoms with van der Waals surface area (Å²) in [5.41, 5.74) is 4.75. The van der Waals surface area contributed by atoms with E-state index in [0.717, 1.165) is 72.4 Å². The number of anilines is 1. The molecule has 1 aromatic heterocycles. The number of hydrogen-bond acceptors (Lipinski definition) is 6. The zero-order valence-electron chi connectivity index (χ0n) is 21.8. The molecule has 0 radical (unpaired) electrons. The Morgan fingerprint density at radius 3 is 2.89 bits per heavy atom. The molecule has 0 atom stereocenters. The maximum absolute atomic E-state index is 6.30. The van der Waals surface area contributed by atoms with Crippen molar-refractivity contribution in [1.82, 2.24) is 4.98 Å². The molecule has 1 aliphatic heterocycles. The zero-order chi connectivity index (χ0) is 25.3. The molecule has 0 aromatic carbocycles. The van der Waals surface area contributed by atoms with E-state index in [1.165, 1.54) is 0 Å². The van der Waals surface area contributed by atoms with Gasteiger partial charge >= 0.3 is 0 Å². The lowest BCUT2D eigenvalue weighted by Crippen LogP contribution is -2.19. The molecule has 0 bridgehead atoms. The molecule has 1 aromatic rings. The number of nitrogens with zero attached hydrogens (tertiary/aromatic N) is 3. The van der Waals surface area contributed by atoms with Gasteiger partial charge in [0, 0.05) is 42.0 Å². The molecule has 36 heavy (non-hydrogen) atoms. The first-order valence-electron chi connectivity index (χ1n) is 12.8. The van der Waals surface area contributed by atoms with Crippen LogP contribution in [0.3, 0.4) is 0 Å². The fourth-order valence-corrected chi connectivity index (χ4v) is 4.17. The van der Waals surface area contributed by atoms with Gasteiger partial charge in [-0.3, -0.25) is 0 Å². The predicted molar refractivity (Wildman–Crippen MR) is 146 cm³/mol. The highest BCUT2D eigenvalue weighted by molar-refractivity contribution is 5.87. The number of unbranched alkanes of at least 4 members (excludes halogenated alkanes) is 2. The van der Waals surface area contributed by atoms with Crippen LogP contribution in [0.5, 0.6) is 0 Å². The fourth-order valence-electron chi connectivity index (χ4n) is 4.17. The minimum atomic E-state index is 0.580. The van der Waals surface area contributed by atoms with Crippen LogP contribution in [-0.2, 0) is 20.7 Å². The summed E-state index contributed by atoms with van der Waals surface area (Å²) in [5, 5.41) is 1.82. The van der Waals surface area contributed by atoms with Gasteiger partial charge in [-0.1, -0.05) is 50.3 Å².